The maximum absolute atomic E-state index is 11.7. The molecule has 0 radical (unpaired) electrons. The van der Waals surface area contributed by atoms with E-state index in [2.05, 4.69) is 25.6 Å². The Kier molecular flexibility index (Phi) is 4.51. The van der Waals surface area contributed by atoms with Gasteiger partial charge in [0.25, 0.3) is 0 Å². The lowest BCUT2D eigenvalue weighted by Gasteiger charge is -2.15. The van der Waals surface area contributed by atoms with Crippen molar-refractivity contribution in [2.24, 2.45) is 0 Å². The monoisotopic (exact) mass is 387 g/mol. The molecular formula is C21H21N7O. The Labute approximate surface area is 168 Å². The quantitative estimate of drug-likeness (QED) is 0.508. The fourth-order valence-corrected chi connectivity index (χ4v) is 3.83. The number of carbonyl (C=O) groups excluding carboxylic acids is 1. The van der Waals surface area contributed by atoms with Gasteiger partial charge in [-0.05, 0) is 31.0 Å². The number of aromatic nitrogens is 4. The molecule has 3 aromatic rings. The Morgan fingerprint density at radius 2 is 2.07 bits per heavy atom. The highest BCUT2D eigenvalue weighted by Gasteiger charge is 2.22. The van der Waals surface area contributed by atoms with E-state index in [-0.39, 0.29) is 5.91 Å². The van der Waals surface area contributed by atoms with Crippen LogP contribution in [0.5, 0.6) is 0 Å². The van der Waals surface area contributed by atoms with Crippen LogP contribution in [0, 0.1) is 0 Å². The Morgan fingerprint density at radius 3 is 2.97 bits per heavy atom. The van der Waals surface area contributed by atoms with Gasteiger partial charge < -0.3 is 15.5 Å². The van der Waals surface area contributed by atoms with Crippen molar-refractivity contribution in [3.05, 3.63) is 43.0 Å². The summed E-state index contributed by atoms with van der Waals surface area (Å²) < 4.78 is 0. The van der Waals surface area contributed by atoms with Gasteiger partial charge in [-0.25, -0.2) is 15.0 Å². The van der Waals surface area contributed by atoms with Crippen LogP contribution in [-0.2, 0) is 4.79 Å². The Bertz CT molecular complexity index is 1070. The standard InChI is InChI=1S/C21H21N7O/c29-18-5-2-10-28(18)11-3-8-24-21-25-12-16-14-6-9-22-13-17(14)26-20-15(19(16)27-21)4-1-7-23-20/h1,4,6-7,9,12-13H,2-3,5,8,10-11H2,(H,23,26)(H,24,25,27). The zero-order valence-electron chi connectivity index (χ0n) is 15.9. The molecule has 146 valence electrons. The molecule has 0 spiro atoms. The Balaban J connectivity index is 1.40. The summed E-state index contributed by atoms with van der Waals surface area (Å²) in [4.78, 5) is 31.7. The van der Waals surface area contributed by atoms with Crippen LogP contribution < -0.4 is 10.6 Å². The number of hydrogen-bond donors (Lipinski definition) is 2. The molecule has 1 fully saturated rings. The summed E-state index contributed by atoms with van der Waals surface area (Å²) in [6, 6.07) is 5.86. The van der Waals surface area contributed by atoms with Gasteiger partial charge in [-0.2, -0.15) is 0 Å². The maximum Gasteiger partial charge on any atom is 0.223 e. The first-order valence-electron chi connectivity index (χ1n) is 9.85. The summed E-state index contributed by atoms with van der Waals surface area (Å²) in [6.45, 7) is 2.36. The van der Waals surface area contributed by atoms with Crippen molar-refractivity contribution >= 4 is 23.4 Å². The number of nitrogens with one attached hydrogen (secondary N) is 2. The third kappa shape index (κ3) is 3.37. The smallest absolute Gasteiger partial charge is 0.223 e. The van der Waals surface area contributed by atoms with Gasteiger partial charge in [-0.1, -0.05) is 0 Å². The number of hydrogen-bond acceptors (Lipinski definition) is 7. The molecule has 2 aliphatic heterocycles. The molecular weight excluding hydrogens is 366 g/mol. The molecule has 8 nitrogen and oxygen atoms in total. The first kappa shape index (κ1) is 17.5. The van der Waals surface area contributed by atoms with E-state index < -0.39 is 0 Å². The normalized spacial score (nSPS) is 14.5. The van der Waals surface area contributed by atoms with Gasteiger partial charge in [-0.3, -0.25) is 9.78 Å². The number of fused-ring (bicyclic) bond motifs is 5. The van der Waals surface area contributed by atoms with Gasteiger partial charge in [0.1, 0.15) is 5.82 Å². The van der Waals surface area contributed by atoms with Gasteiger partial charge in [0.15, 0.2) is 0 Å². The minimum Gasteiger partial charge on any atom is -0.354 e. The molecule has 5 rings (SSSR count). The van der Waals surface area contributed by atoms with E-state index in [4.69, 9.17) is 4.98 Å². The van der Waals surface area contributed by atoms with Crippen LogP contribution in [-0.4, -0.2) is 50.4 Å². The van der Waals surface area contributed by atoms with Crippen molar-refractivity contribution in [2.75, 3.05) is 30.3 Å². The second-order valence-corrected chi connectivity index (χ2v) is 7.17. The minimum absolute atomic E-state index is 0.260. The molecule has 0 unspecified atom stereocenters. The number of rotatable bonds is 5. The van der Waals surface area contributed by atoms with E-state index >= 15 is 0 Å². The molecule has 2 aliphatic rings. The Morgan fingerprint density at radius 1 is 1.10 bits per heavy atom. The average Bonchev–Trinajstić information content (AvgIpc) is 3.10. The molecule has 0 aromatic carbocycles. The maximum atomic E-state index is 11.7. The summed E-state index contributed by atoms with van der Waals surface area (Å²) in [6.07, 6.45) is 9.66. The molecule has 0 atom stereocenters. The van der Waals surface area contributed by atoms with Crippen LogP contribution >= 0.6 is 0 Å². The van der Waals surface area contributed by atoms with Crippen molar-refractivity contribution < 1.29 is 4.79 Å². The molecule has 3 aromatic heterocycles. The van der Waals surface area contributed by atoms with Gasteiger partial charge in [0, 0.05) is 61.3 Å². The van der Waals surface area contributed by atoms with Crippen molar-refractivity contribution in [3.8, 4) is 22.4 Å². The molecule has 2 N–H and O–H groups in total. The third-order valence-corrected chi connectivity index (χ3v) is 5.28. The predicted octanol–water partition coefficient (Wildman–Crippen LogP) is 3.08. The Hall–Kier alpha value is -3.55. The van der Waals surface area contributed by atoms with Gasteiger partial charge in [0.05, 0.1) is 17.6 Å². The molecule has 0 saturated carbocycles. The van der Waals surface area contributed by atoms with Crippen molar-refractivity contribution in [2.45, 2.75) is 19.3 Å². The van der Waals surface area contributed by atoms with E-state index in [0.29, 0.717) is 18.9 Å². The third-order valence-electron chi connectivity index (χ3n) is 5.28. The SMILES string of the molecule is O=C1CCCN1CCCNc1ncc2c(n1)-c1cccnc1Nc1cnccc1-2. The molecule has 1 saturated heterocycles. The number of amides is 1. The lowest BCUT2D eigenvalue weighted by molar-refractivity contribution is -0.127. The molecule has 0 bridgehead atoms. The van der Waals surface area contributed by atoms with E-state index in [1.165, 1.54) is 0 Å². The number of likely N-dealkylation sites (tertiary alicyclic amines) is 1. The average molecular weight is 387 g/mol. The number of anilines is 3. The molecule has 29 heavy (non-hydrogen) atoms. The fraction of sp³-hybridized carbons (Fsp3) is 0.286. The summed E-state index contributed by atoms with van der Waals surface area (Å²) >= 11 is 0. The largest absolute Gasteiger partial charge is 0.354 e. The van der Waals surface area contributed by atoms with E-state index in [0.717, 1.165) is 59.8 Å². The minimum atomic E-state index is 0.260. The van der Waals surface area contributed by atoms with Crippen molar-refractivity contribution in [1.82, 2.24) is 24.8 Å². The number of nitrogens with zero attached hydrogens (tertiary/aromatic N) is 5. The second kappa shape index (κ2) is 7.46. The molecule has 5 heterocycles. The van der Waals surface area contributed by atoms with Crippen LogP contribution in [0.4, 0.5) is 17.5 Å². The highest BCUT2D eigenvalue weighted by molar-refractivity contribution is 5.95. The van der Waals surface area contributed by atoms with Crippen LogP contribution in [0.25, 0.3) is 22.4 Å². The van der Waals surface area contributed by atoms with Crippen LogP contribution in [0.1, 0.15) is 19.3 Å². The molecule has 0 aliphatic carbocycles. The molecule has 1 amide bonds. The lowest BCUT2D eigenvalue weighted by atomic mass is 10.0. The van der Waals surface area contributed by atoms with Gasteiger partial charge >= 0.3 is 0 Å². The number of carbonyl (C=O) groups is 1. The number of pyridine rings is 2. The molecule has 8 heteroatoms. The second-order valence-electron chi connectivity index (χ2n) is 7.17. The summed E-state index contributed by atoms with van der Waals surface area (Å²) in [5.41, 5.74) is 4.57. The first-order chi connectivity index (χ1) is 14.3. The first-order valence-corrected chi connectivity index (χ1v) is 9.85. The lowest BCUT2D eigenvalue weighted by Crippen LogP contribution is -2.27. The zero-order chi connectivity index (χ0) is 19.6. The van der Waals surface area contributed by atoms with Gasteiger partial charge in [0.2, 0.25) is 11.9 Å². The van der Waals surface area contributed by atoms with Crippen LogP contribution in [0.2, 0.25) is 0 Å². The van der Waals surface area contributed by atoms with E-state index in [9.17, 15) is 4.79 Å². The van der Waals surface area contributed by atoms with Gasteiger partial charge in [-0.15, -0.1) is 0 Å². The van der Waals surface area contributed by atoms with Crippen LogP contribution in [0.15, 0.2) is 43.0 Å². The summed E-state index contributed by atoms with van der Waals surface area (Å²) in [5, 5.41) is 6.65. The zero-order valence-corrected chi connectivity index (χ0v) is 15.9. The van der Waals surface area contributed by atoms with E-state index in [1.807, 2.05) is 29.3 Å². The van der Waals surface area contributed by atoms with Crippen molar-refractivity contribution in [1.29, 1.82) is 0 Å². The fourth-order valence-electron chi connectivity index (χ4n) is 3.83. The van der Waals surface area contributed by atoms with Crippen molar-refractivity contribution in [3.63, 3.8) is 0 Å². The van der Waals surface area contributed by atoms with Crippen LogP contribution in [0.3, 0.4) is 0 Å². The summed E-state index contributed by atoms with van der Waals surface area (Å²) in [5.74, 6) is 1.58. The highest BCUT2D eigenvalue weighted by atomic mass is 16.2. The topological polar surface area (TPSA) is 95.9 Å². The summed E-state index contributed by atoms with van der Waals surface area (Å²) in [7, 11) is 0. The van der Waals surface area contributed by atoms with E-state index in [1.54, 1.807) is 18.6 Å². The predicted molar refractivity (Wildman–Crippen MR) is 111 cm³/mol. The highest BCUT2D eigenvalue weighted by Crippen LogP contribution is 2.41.